The number of carbonyl (C=O) groups excluding carboxylic acids is 1. The molecule has 5 aliphatic rings. The Kier molecular flexibility index (Phi) is 4.49. The molecule has 7 atom stereocenters. The third-order valence-electron chi connectivity index (χ3n) is 9.70. The lowest BCUT2D eigenvalue weighted by molar-refractivity contribution is -0.423. The van der Waals surface area contributed by atoms with Crippen LogP contribution < -0.4 is 9.47 Å². The van der Waals surface area contributed by atoms with Crippen molar-refractivity contribution < 1.29 is 43.4 Å². The molecule has 1 aliphatic carbocycles. The van der Waals surface area contributed by atoms with Crippen molar-refractivity contribution in [3.63, 3.8) is 0 Å². The van der Waals surface area contributed by atoms with E-state index in [1.807, 2.05) is 34.6 Å². The van der Waals surface area contributed by atoms with Gasteiger partial charge in [-0.05, 0) is 46.1 Å². The summed E-state index contributed by atoms with van der Waals surface area (Å²) in [6.45, 7) is 9.91. The molecule has 1 spiro atoms. The van der Waals surface area contributed by atoms with Gasteiger partial charge >= 0.3 is 11.9 Å². The van der Waals surface area contributed by atoms with E-state index in [-0.39, 0.29) is 18.9 Å². The van der Waals surface area contributed by atoms with Gasteiger partial charge in [0.25, 0.3) is 0 Å². The minimum atomic E-state index is -1.65. The molecule has 0 amide bonds. The fourth-order valence-corrected chi connectivity index (χ4v) is 8.32. The molecule has 4 heterocycles. The summed E-state index contributed by atoms with van der Waals surface area (Å²) in [6.07, 6.45) is -0.954. The van der Waals surface area contributed by atoms with E-state index in [4.69, 9.17) is 28.4 Å². The number of fused-ring (bicyclic) bond motifs is 5. The first-order valence-electron chi connectivity index (χ1n) is 12.2. The number of ether oxygens (including phenoxy) is 6. The largest absolute Gasteiger partial charge is 0.495 e. The monoisotopic (exact) mass is 490 g/mol. The van der Waals surface area contributed by atoms with E-state index in [0.717, 1.165) is 16.7 Å². The Morgan fingerprint density at radius 1 is 1.00 bits per heavy atom. The zero-order chi connectivity index (χ0) is 25.3. The van der Waals surface area contributed by atoms with Crippen LogP contribution in [0.1, 0.15) is 67.6 Å². The van der Waals surface area contributed by atoms with Crippen molar-refractivity contribution >= 4 is 5.97 Å². The predicted octanol–water partition coefficient (Wildman–Crippen LogP) is 2.38. The van der Waals surface area contributed by atoms with Gasteiger partial charge in [0.1, 0.15) is 46.6 Å². The van der Waals surface area contributed by atoms with Crippen LogP contribution in [0.2, 0.25) is 0 Å². The van der Waals surface area contributed by atoms with E-state index in [2.05, 4.69) is 0 Å². The molecule has 3 fully saturated rings. The van der Waals surface area contributed by atoms with Gasteiger partial charge in [-0.15, -0.1) is 0 Å². The molecule has 4 aliphatic heterocycles. The summed E-state index contributed by atoms with van der Waals surface area (Å²) in [5.74, 6) is -1.11. The number of aliphatic hydroxyl groups is 2. The molecule has 6 rings (SSSR count). The minimum absolute atomic E-state index is 0.182. The molecule has 0 radical (unpaired) electrons. The number of benzene rings is 1. The molecule has 35 heavy (non-hydrogen) atoms. The van der Waals surface area contributed by atoms with Gasteiger partial charge in [-0.25, -0.2) is 4.79 Å². The highest BCUT2D eigenvalue weighted by molar-refractivity contribution is 5.98. The van der Waals surface area contributed by atoms with Gasteiger partial charge in [0.15, 0.2) is 0 Å². The van der Waals surface area contributed by atoms with Crippen LogP contribution in [0.4, 0.5) is 0 Å². The maximum atomic E-state index is 12.6. The number of aliphatic hydroxyl groups excluding tert-OH is 2. The summed E-state index contributed by atoms with van der Waals surface area (Å²) < 4.78 is 36.3. The molecular weight excluding hydrogens is 456 g/mol. The molecule has 9 nitrogen and oxygen atoms in total. The van der Waals surface area contributed by atoms with Gasteiger partial charge in [0.05, 0.1) is 13.2 Å². The van der Waals surface area contributed by atoms with Crippen LogP contribution in [0, 0.1) is 18.3 Å². The zero-order valence-electron chi connectivity index (χ0n) is 21.3. The average Bonchev–Trinajstić information content (AvgIpc) is 3.27. The van der Waals surface area contributed by atoms with Crippen molar-refractivity contribution in [1.82, 2.24) is 0 Å². The predicted molar refractivity (Wildman–Crippen MR) is 121 cm³/mol. The van der Waals surface area contributed by atoms with Crippen molar-refractivity contribution in [2.45, 2.75) is 95.5 Å². The molecule has 2 saturated heterocycles. The first-order chi connectivity index (χ1) is 16.3. The Morgan fingerprint density at radius 2 is 1.71 bits per heavy atom. The summed E-state index contributed by atoms with van der Waals surface area (Å²) in [5, 5.41) is 23.0. The van der Waals surface area contributed by atoms with E-state index >= 15 is 0 Å². The summed E-state index contributed by atoms with van der Waals surface area (Å²) in [5.41, 5.74) is -0.813. The van der Waals surface area contributed by atoms with E-state index < -0.39 is 46.4 Å². The number of carbonyl (C=O) groups is 1. The molecular formula is C26H34O9. The first-order valence-corrected chi connectivity index (χ1v) is 12.2. The van der Waals surface area contributed by atoms with E-state index in [9.17, 15) is 15.0 Å². The van der Waals surface area contributed by atoms with Crippen LogP contribution in [0.15, 0.2) is 0 Å². The second-order valence-corrected chi connectivity index (χ2v) is 11.7. The number of hydrogen-bond acceptors (Lipinski definition) is 9. The molecule has 0 aromatic heterocycles. The zero-order valence-corrected chi connectivity index (χ0v) is 21.3. The van der Waals surface area contributed by atoms with Gasteiger partial charge < -0.3 is 38.6 Å². The van der Waals surface area contributed by atoms with Gasteiger partial charge in [-0.3, -0.25) is 0 Å². The van der Waals surface area contributed by atoms with E-state index in [1.165, 1.54) is 7.11 Å². The number of cyclic esters (lactones) is 1. The average molecular weight is 491 g/mol. The highest BCUT2D eigenvalue weighted by Crippen LogP contribution is 2.70. The summed E-state index contributed by atoms with van der Waals surface area (Å²) in [4.78, 5) is 12.6. The first kappa shape index (κ1) is 23.5. The van der Waals surface area contributed by atoms with Crippen molar-refractivity contribution in [1.29, 1.82) is 0 Å². The lowest BCUT2D eigenvalue weighted by Gasteiger charge is -2.66. The number of esters is 1. The van der Waals surface area contributed by atoms with Crippen LogP contribution in [-0.2, 0) is 32.0 Å². The molecule has 2 bridgehead atoms. The fourth-order valence-electron chi connectivity index (χ4n) is 8.32. The molecule has 2 N–H and O–H groups in total. The summed E-state index contributed by atoms with van der Waals surface area (Å²) >= 11 is 0. The molecule has 0 unspecified atom stereocenters. The summed E-state index contributed by atoms with van der Waals surface area (Å²) in [6, 6.07) is 0. The van der Waals surface area contributed by atoms with E-state index in [1.54, 1.807) is 7.11 Å². The van der Waals surface area contributed by atoms with Crippen molar-refractivity contribution in [3.8, 4) is 11.5 Å². The molecule has 9 heteroatoms. The fraction of sp³-hybridized carbons (Fsp3) is 0.731. The number of methoxy groups -OCH3 is 2. The lowest BCUT2D eigenvalue weighted by atomic mass is 9.45. The van der Waals surface area contributed by atoms with Gasteiger partial charge in [-0.2, -0.15) is 0 Å². The van der Waals surface area contributed by atoms with Crippen LogP contribution in [0.5, 0.6) is 11.5 Å². The third kappa shape index (κ3) is 2.44. The number of rotatable bonds is 2. The second-order valence-electron chi connectivity index (χ2n) is 11.7. The standard InChI is InChI=1S/C26H34O9/c1-12-14-11-32-21(29)18(14)20(30-6)13-8-15-23(4)9-17(28)26(31-7)34-22(2,3)25(23,35-26)16(27)10-24(15,5)33-19(12)13/h15-17,27-28H,8-11H2,1-7H3/t15-,16-,17+,23+,24+,25+,26-/m0/s1. The molecule has 192 valence electrons. The Morgan fingerprint density at radius 3 is 2.37 bits per heavy atom. The highest BCUT2D eigenvalue weighted by Gasteiger charge is 2.82. The Labute approximate surface area is 204 Å². The van der Waals surface area contributed by atoms with Gasteiger partial charge in [0.2, 0.25) is 0 Å². The molecule has 1 aromatic rings. The molecule has 1 aromatic carbocycles. The van der Waals surface area contributed by atoms with Crippen molar-refractivity contribution in [2.75, 3.05) is 14.2 Å². The van der Waals surface area contributed by atoms with Crippen LogP contribution in [0.25, 0.3) is 0 Å². The maximum absolute atomic E-state index is 12.6. The second kappa shape index (κ2) is 6.69. The topological polar surface area (TPSA) is 113 Å². The van der Waals surface area contributed by atoms with Crippen molar-refractivity contribution in [3.05, 3.63) is 22.3 Å². The number of hydrogen-bond donors (Lipinski definition) is 2. The highest BCUT2D eigenvalue weighted by atomic mass is 16.9. The van der Waals surface area contributed by atoms with Crippen molar-refractivity contribution in [2.24, 2.45) is 11.3 Å². The lowest BCUT2D eigenvalue weighted by Crippen LogP contribution is -2.78. The summed E-state index contributed by atoms with van der Waals surface area (Å²) in [7, 11) is 2.99. The SMILES string of the molecule is COc1c2c(c(C)c3c1C(=O)OC3)O[C@]1(C)C[C@H](O)[C@@]34O[C@@](OC)(OC3(C)C)[C@H](O)C[C@]4(C)[C@@H]1C2. The Balaban J connectivity index is 1.57. The smallest absolute Gasteiger partial charge is 0.342 e. The normalized spacial score (nSPS) is 44.5. The Bertz CT molecular complexity index is 1150. The quantitative estimate of drug-likeness (QED) is 0.603. The van der Waals surface area contributed by atoms with Gasteiger partial charge in [-0.1, -0.05) is 6.92 Å². The van der Waals surface area contributed by atoms with E-state index in [0.29, 0.717) is 29.9 Å². The molecule has 1 saturated carbocycles. The third-order valence-corrected chi connectivity index (χ3v) is 9.70. The van der Waals surface area contributed by atoms with Crippen LogP contribution >= 0.6 is 0 Å². The van der Waals surface area contributed by atoms with Gasteiger partial charge in [0, 0.05) is 36.0 Å². The Hall–Kier alpha value is -1.91. The van der Waals surface area contributed by atoms with Crippen LogP contribution in [0.3, 0.4) is 0 Å². The van der Waals surface area contributed by atoms with Crippen LogP contribution in [-0.4, -0.2) is 65.4 Å². The maximum Gasteiger partial charge on any atom is 0.342 e. The minimum Gasteiger partial charge on any atom is -0.495 e.